The van der Waals surface area contributed by atoms with E-state index in [9.17, 15) is 0 Å². The summed E-state index contributed by atoms with van der Waals surface area (Å²) >= 11 is 0. The van der Waals surface area contributed by atoms with E-state index in [2.05, 4.69) is 48.6 Å². The fraction of sp³-hybridized carbons (Fsp3) is 0.400. The normalized spacial score (nSPS) is 33.8. The molecule has 0 spiro atoms. The molecule has 14 aliphatic carbocycles. The first kappa shape index (κ1) is 35.2. The van der Waals surface area contributed by atoms with Gasteiger partial charge in [0.2, 0.25) is 0 Å². The summed E-state index contributed by atoms with van der Waals surface area (Å²) < 4.78 is 47.4. The molecule has 0 fully saturated rings. The Labute approximate surface area is 285 Å². The van der Waals surface area contributed by atoms with Crippen LogP contribution in [-0.4, -0.2) is 81.3 Å². The quantitative estimate of drug-likeness (QED) is 0.272. The van der Waals surface area contributed by atoms with Gasteiger partial charge < -0.3 is 37.9 Å². The van der Waals surface area contributed by atoms with E-state index in [0.717, 1.165) is 67.6 Å². The fourth-order valence-electron chi connectivity index (χ4n) is 6.67. The van der Waals surface area contributed by atoms with E-state index in [1.807, 2.05) is 24.3 Å². The minimum atomic E-state index is -0.153. The first-order valence-electron chi connectivity index (χ1n) is 16.2. The van der Waals surface area contributed by atoms with Gasteiger partial charge in [-0.25, -0.2) is 0 Å². The van der Waals surface area contributed by atoms with Gasteiger partial charge in [0.15, 0.2) is 0 Å². The van der Waals surface area contributed by atoms with Crippen molar-refractivity contribution in [2.45, 2.75) is 50.1 Å². The van der Waals surface area contributed by atoms with Gasteiger partial charge in [-0.05, 0) is 68.9 Å². The van der Waals surface area contributed by atoms with Crippen LogP contribution in [0.5, 0.6) is 0 Å². The van der Waals surface area contributed by atoms with E-state index < -0.39 is 0 Å². The molecule has 8 nitrogen and oxygen atoms in total. The zero-order valence-corrected chi connectivity index (χ0v) is 29.3. The lowest BCUT2D eigenvalue weighted by atomic mass is 9.87. The molecule has 4 atom stereocenters. The molecule has 0 heterocycles. The first-order valence-corrected chi connectivity index (χ1v) is 16.2. The Morgan fingerprint density at radius 3 is 0.750 bits per heavy atom. The van der Waals surface area contributed by atoms with Crippen molar-refractivity contribution in [3.05, 3.63) is 141 Å². The van der Waals surface area contributed by atoms with Crippen LogP contribution in [0.3, 0.4) is 0 Å². The molecule has 0 amide bonds. The van der Waals surface area contributed by atoms with Gasteiger partial charge in [0.25, 0.3) is 0 Å². The summed E-state index contributed by atoms with van der Waals surface area (Å²) in [5.41, 5.74) is 8.17. The van der Waals surface area contributed by atoms with E-state index in [1.165, 1.54) is 0 Å². The van der Waals surface area contributed by atoms with Gasteiger partial charge in [0, 0.05) is 54.1 Å². The number of hydrogen-bond donors (Lipinski definition) is 0. The Hall–Kier alpha value is -4.08. The predicted molar refractivity (Wildman–Crippen MR) is 187 cm³/mol. The van der Waals surface area contributed by atoms with Gasteiger partial charge in [-0.3, -0.25) is 0 Å². The third-order valence-electron chi connectivity index (χ3n) is 9.49. The third kappa shape index (κ3) is 7.63. The van der Waals surface area contributed by atoms with Crippen LogP contribution in [0.2, 0.25) is 0 Å². The third-order valence-corrected chi connectivity index (χ3v) is 9.49. The van der Waals surface area contributed by atoms with Crippen LogP contribution in [0.15, 0.2) is 141 Å². The van der Waals surface area contributed by atoms with Crippen molar-refractivity contribution in [2.75, 3.05) is 56.9 Å². The van der Waals surface area contributed by atoms with Gasteiger partial charge in [-0.15, -0.1) is 0 Å². The molecule has 14 rings (SSSR count). The molecular formula is C40H48O8. The van der Waals surface area contributed by atoms with Crippen LogP contribution in [0.4, 0.5) is 0 Å². The fourth-order valence-corrected chi connectivity index (χ4v) is 6.67. The van der Waals surface area contributed by atoms with Crippen LogP contribution in [0.1, 0.15) is 25.7 Å². The molecule has 0 aliphatic heterocycles. The highest BCUT2D eigenvalue weighted by Crippen LogP contribution is 2.36. The van der Waals surface area contributed by atoms with Crippen LogP contribution in [0.25, 0.3) is 0 Å². The van der Waals surface area contributed by atoms with Crippen molar-refractivity contribution in [1.29, 1.82) is 0 Å². The van der Waals surface area contributed by atoms with E-state index >= 15 is 0 Å². The highest BCUT2D eigenvalue weighted by Gasteiger charge is 2.28. The lowest BCUT2D eigenvalue weighted by Gasteiger charge is -2.28. The number of allylic oxidation sites excluding steroid dienone is 12. The number of methoxy groups -OCH3 is 8. The van der Waals surface area contributed by atoms with E-state index in [1.54, 1.807) is 56.9 Å². The molecule has 0 saturated carbocycles. The topological polar surface area (TPSA) is 73.8 Å². The number of ether oxygens (including phenoxy) is 8. The summed E-state index contributed by atoms with van der Waals surface area (Å²) in [6.45, 7) is 0. The summed E-state index contributed by atoms with van der Waals surface area (Å²) in [6, 6.07) is 0. The average molecular weight is 657 g/mol. The molecule has 0 saturated heterocycles. The summed E-state index contributed by atoms with van der Waals surface area (Å²) in [5.74, 6) is 3.16. The SMILES string of the molecule is COC1=C/C2=C\C=C3\CC(OC)/C(=C/C=C4/CC(OC)/C(=C/C=C5C=C(OC)/C(=C/C=C1CC2OC)CC/5OC)C=C4OC)C=C3OC. The Bertz CT molecular complexity index is 1620. The molecule has 48 heavy (non-hydrogen) atoms. The van der Waals surface area contributed by atoms with Crippen LogP contribution in [-0.2, 0) is 37.9 Å². The summed E-state index contributed by atoms with van der Waals surface area (Å²) in [4.78, 5) is 0. The zero-order chi connectivity index (χ0) is 34.2. The minimum absolute atomic E-state index is 0.151. The van der Waals surface area contributed by atoms with Crippen molar-refractivity contribution >= 4 is 0 Å². The molecule has 8 heteroatoms. The largest absolute Gasteiger partial charge is 0.496 e. The predicted octanol–water partition coefficient (Wildman–Crippen LogP) is 7.21. The zero-order valence-electron chi connectivity index (χ0n) is 29.3. The number of rotatable bonds is 8. The molecule has 14 aliphatic rings. The molecule has 0 radical (unpaired) electrons. The van der Waals surface area contributed by atoms with Crippen LogP contribution >= 0.6 is 0 Å². The maximum Gasteiger partial charge on any atom is 0.122 e. The van der Waals surface area contributed by atoms with Gasteiger partial charge in [-0.2, -0.15) is 0 Å². The maximum absolute atomic E-state index is 5.97. The van der Waals surface area contributed by atoms with Crippen molar-refractivity contribution in [3.8, 4) is 0 Å². The van der Waals surface area contributed by atoms with Crippen LogP contribution in [0, 0.1) is 0 Å². The van der Waals surface area contributed by atoms with E-state index in [-0.39, 0.29) is 24.4 Å². The molecule has 4 unspecified atom stereocenters. The second kappa shape index (κ2) is 16.3. The van der Waals surface area contributed by atoms with Crippen molar-refractivity contribution in [3.63, 3.8) is 0 Å². The van der Waals surface area contributed by atoms with Crippen molar-refractivity contribution < 1.29 is 37.9 Å². The Morgan fingerprint density at radius 1 is 0.333 bits per heavy atom. The lowest BCUT2D eigenvalue weighted by Crippen LogP contribution is -2.22. The van der Waals surface area contributed by atoms with E-state index in [4.69, 9.17) is 37.9 Å². The molecule has 0 aromatic carbocycles. The second-order valence-corrected chi connectivity index (χ2v) is 12.0. The monoisotopic (exact) mass is 656 g/mol. The molecule has 256 valence electrons. The van der Waals surface area contributed by atoms with Gasteiger partial charge >= 0.3 is 0 Å². The molecule has 8 bridgehead atoms. The molecule has 0 aromatic rings. The average Bonchev–Trinajstić information content (AvgIpc) is 3.13. The smallest absolute Gasteiger partial charge is 0.122 e. The number of hydrogen-bond acceptors (Lipinski definition) is 8. The standard InChI is InChI=1S/C40H48O8/c1-41-33-17-26-11-12-28-20-38(46-6)30(22-37(28)45-5)15-16-32-24-39(47-7)31(23-40(32)48-8)14-13-29-21-35(43-3)27(19-36(29)44-4)10-9-25(33)18-34(26)42-2/h9-17,19-20,23,34-35,37,39H,18,21-22,24H2,1-8H3/b10-9?,12-11?,14-13?,16-15?,25-9-,26-11+,27-10+,28-12-,29-13-,30-15+,31-14+,32-16?. The highest BCUT2D eigenvalue weighted by atomic mass is 16.5. The molecular weight excluding hydrogens is 608 g/mol. The van der Waals surface area contributed by atoms with Gasteiger partial charge in [-0.1, -0.05) is 48.6 Å². The minimum Gasteiger partial charge on any atom is -0.496 e. The Morgan fingerprint density at radius 2 is 0.542 bits per heavy atom. The van der Waals surface area contributed by atoms with Crippen molar-refractivity contribution in [2.24, 2.45) is 0 Å². The van der Waals surface area contributed by atoms with Gasteiger partial charge in [0.05, 0.1) is 52.9 Å². The molecule has 0 aromatic heterocycles. The van der Waals surface area contributed by atoms with Crippen LogP contribution < -0.4 is 0 Å². The summed E-state index contributed by atoms with van der Waals surface area (Å²) in [5, 5.41) is 0. The summed E-state index contributed by atoms with van der Waals surface area (Å²) in [7, 11) is 13.7. The highest BCUT2D eigenvalue weighted by molar-refractivity contribution is 5.52. The summed E-state index contributed by atoms with van der Waals surface area (Å²) in [6.07, 6.45) is 26.9. The Kier molecular flexibility index (Phi) is 12.0. The lowest BCUT2D eigenvalue weighted by molar-refractivity contribution is 0.127. The van der Waals surface area contributed by atoms with Crippen molar-refractivity contribution in [1.82, 2.24) is 0 Å². The maximum atomic E-state index is 5.97. The molecule has 0 N–H and O–H groups in total. The Balaban J connectivity index is 1.72. The van der Waals surface area contributed by atoms with Gasteiger partial charge in [0.1, 0.15) is 23.0 Å². The first-order chi connectivity index (χ1) is 23.4. The second-order valence-electron chi connectivity index (χ2n) is 12.0. The van der Waals surface area contributed by atoms with E-state index in [0.29, 0.717) is 25.7 Å².